The van der Waals surface area contributed by atoms with Gasteiger partial charge in [-0.3, -0.25) is 9.48 Å². The molecule has 4 saturated carbocycles. The van der Waals surface area contributed by atoms with Crippen molar-refractivity contribution in [3.63, 3.8) is 0 Å². The smallest absolute Gasteiger partial charge is 0.157 e. The number of Topliss-reactive ketones (excluding diaryl/α,β-unsaturated/α-hetero) is 1. The summed E-state index contributed by atoms with van der Waals surface area (Å²) in [5.41, 5.74) is 0.472. The quantitative estimate of drug-likeness (QED) is 0.711. The Balaban J connectivity index is 1.36. The zero-order valence-corrected chi connectivity index (χ0v) is 20.0. The van der Waals surface area contributed by atoms with E-state index in [9.17, 15) is 9.90 Å². The number of nitrogens with zero attached hydrogens (tertiary/aromatic N) is 3. The summed E-state index contributed by atoms with van der Waals surface area (Å²) in [6.45, 7) is 7.27. The fraction of sp³-hybridized carbons (Fsp3) is 0.815. The molecule has 5 nitrogen and oxygen atoms in total. The molecule has 1 aromatic rings. The summed E-state index contributed by atoms with van der Waals surface area (Å²) < 4.78 is 1.65. The molecule has 0 radical (unpaired) electrons. The van der Waals surface area contributed by atoms with E-state index < -0.39 is 5.60 Å². The predicted molar refractivity (Wildman–Crippen MR) is 122 cm³/mol. The molecule has 8 atom stereocenters. The second-order valence-electron chi connectivity index (χ2n) is 12.4. The third kappa shape index (κ3) is 3.45. The van der Waals surface area contributed by atoms with Crippen molar-refractivity contribution in [1.82, 2.24) is 9.78 Å². The van der Waals surface area contributed by atoms with E-state index in [0.717, 1.165) is 50.4 Å². The van der Waals surface area contributed by atoms with E-state index in [4.69, 9.17) is 5.26 Å². The summed E-state index contributed by atoms with van der Waals surface area (Å²) >= 11 is 0. The maximum Gasteiger partial charge on any atom is 0.157 e. The number of aromatic nitrogens is 2. The molecule has 32 heavy (non-hydrogen) atoms. The Morgan fingerprint density at radius 1 is 1.12 bits per heavy atom. The highest BCUT2D eigenvalue weighted by atomic mass is 16.3. The van der Waals surface area contributed by atoms with Gasteiger partial charge in [-0.05, 0) is 99.2 Å². The van der Waals surface area contributed by atoms with Crippen LogP contribution in [0.3, 0.4) is 0 Å². The van der Waals surface area contributed by atoms with Gasteiger partial charge in [0.1, 0.15) is 6.07 Å². The molecule has 0 bridgehead atoms. The van der Waals surface area contributed by atoms with E-state index in [1.54, 1.807) is 17.1 Å². The van der Waals surface area contributed by atoms with E-state index in [2.05, 4.69) is 25.0 Å². The lowest BCUT2D eigenvalue weighted by molar-refractivity contribution is -0.169. The molecule has 4 aliphatic rings. The molecule has 5 heteroatoms. The number of rotatable bonds is 3. The Morgan fingerprint density at radius 3 is 2.66 bits per heavy atom. The highest BCUT2D eigenvalue weighted by molar-refractivity contribution is 5.81. The zero-order chi connectivity index (χ0) is 22.7. The molecule has 0 amide bonds. The van der Waals surface area contributed by atoms with Crippen molar-refractivity contribution in [2.24, 2.45) is 40.4 Å². The fourth-order valence-electron chi connectivity index (χ4n) is 8.93. The highest BCUT2D eigenvalue weighted by Crippen LogP contribution is 2.67. The number of aliphatic hydroxyl groups is 1. The van der Waals surface area contributed by atoms with Crippen LogP contribution in [-0.4, -0.2) is 26.3 Å². The third-order valence-electron chi connectivity index (χ3n) is 10.7. The van der Waals surface area contributed by atoms with Crippen LogP contribution in [-0.2, 0) is 11.3 Å². The van der Waals surface area contributed by atoms with Gasteiger partial charge in [-0.25, -0.2) is 0 Å². The molecule has 0 saturated heterocycles. The number of ketones is 1. The van der Waals surface area contributed by atoms with E-state index >= 15 is 0 Å². The van der Waals surface area contributed by atoms with Gasteiger partial charge in [-0.15, -0.1) is 0 Å². The topological polar surface area (TPSA) is 78.9 Å². The van der Waals surface area contributed by atoms with Crippen LogP contribution in [0.4, 0.5) is 0 Å². The predicted octanol–water partition coefficient (Wildman–Crippen LogP) is 5.12. The summed E-state index contributed by atoms with van der Waals surface area (Å²) in [5, 5.41) is 24.0. The summed E-state index contributed by atoms with van der Waals surface area (Å²) in [4.78, 5) is 13.5. The van der Waals surface area contributed by atoms with Crippen LogP contribution < -0.4 is 0 Å². The average Bonchev–Trinajstić information content (AvgIpc) is 3.20. The van der Waals surface area contributed by atoms with Gasteiger partial charge in [0.25, 0.3) is 0 Å². The first kappa shape index (κ1) is 22.1. The van der Waals surface area contributed by atoms with Gasteiger partial charge in [0.05, 0.1) is 23.9 Å². The van der Waals surface area contributed by atoms with Crippen molar-refractivity contribution in [3.8, 4) is 6.07 Å². The van der Waals surface area contributed by atoms with Gasteiger partial charge in [-0.2, -0.15) is 10.4 Å². The van der Waals surface area contributed by atoms with Crippen molar-refractivity contribution in [1.29, 1.82) is 5.26 Å². The van der Waals surface area contributed by atoms with Crippen LogP contribution in [0.5, 0.6) is 0 Å². The van der Waals surface area contributed by atoms with Crippen LogP contribution in [0, 0.1) is 51.8 Å². The number of nitriles is 1. The van der Waals surface area contributed by atoms with Crippen LogP contribution >= 0.6 is 0 Å². The van der Waals surface area contributed by atoms with Crippen molar-refractivity contribution in [3.05, 3.63) is 18.0 Å². The minimum absolute atomic E-state index is 0.0884. The Bertz CT molecular complexity index is 930. The van der Waals surface area contributed by atoms with E-state index in [-0.39, 0.29) is 17.9 Å². The van der Waals surface area contributed by atoms with Crippen LogP contribution in [0.1, 0.15) is 90.5 Å². The number of carbonyl (C=O) groups excluding carboxylic acids is 1. The highest BCUT2D eigenvalue weighted by Gasteiger charge is 2.60. The fourth-order valence-corrected chi connectivity index (χ4v) is 8.93. The summed E-state index contributed by atoms with van der Waals surface area (Å²) in [7, 11) is 0. The van der Waals surface area contributed by atoms with Gasteiger partial charge in [0.2, 0.25) is 0 Å². The third-order valence-corrected chi connectivity index (χ3v) is 10.7. The molecule has 1 N–H and O–H groups in total. The van der Waals surface area contributed by atoms with E-state index in [1.165, 1.54) is 25.7 Å². The number of hydrogen-bond donors (Lipinski definition) is 1. The first-order valence-corrected chi connectivity index (χ1v) is 12.8. The molecular weight excluding hydrogens is 398 g/mol. The van der Waals surface area contributed by atoms with Gasteiger partial charge in [-0.1, -0.05) is 20.3 Å². The lowest BCUT2D eigenvalue weighted by Gasteiger charge is -2.64. The average molecular weight is 438 g/mol. The summed E-state index contributed by atoms with van der Waals surface area (Å²) in [6, 6.07) is 2.11. The normalized spacial score (nSPS) is 45.8. The summed E-state index contributed by atoms with van der Waals surface area (Å²) in [6.07, 6.45) is 14.6. The molecule has 0 aliphatic heterocycles. The minimum atomic E-state index is -0.486. The second-order valence-corrected chi connectivity index (χ2v) is 12.4. The van der Waals surface area contributed by atoms with Crippen molar-refractivity contribution >= 4 is 5.78 Å². The lowest BCUT2D eigenvalue weighted by atomic mass is 9.41. The van der Waals surface area contributed by atoms with Crippen molar-refractivity contribution in [2.75, 3.05) is 0 Å². The van der Waals surface area contributed by atoms with E-state index in [0.29, 0.717) is 28.6 Å². The number of hydrogen-bond acceptors (Lipinski definition) is 4. The maximum atomic E-state index is 13.5. The maximum absolute atomic E-state index is 13.5. The van der Waals surface area contributed by atoms with Crippen molar-refractivity contribution in [2.45, 2.75) is 97.1 Å². The SMILES string of the molecule is C[C@@]1(O)CC[C@@]2(C)[C@@H](CC[C@@H]3[C@@H]2CC[C@]2(C)[C@@H](C(=O)Cn4cc(C#N)cn4)CCC[C@@H]32)C1. The molecular formula is C27H39N3O2. The van der Waals surface area contributed by atoms with Crippen LogP contribution in [0.25, 0.3) is 0 Å². The molecule has 5 rings (SSSR count). The molecule has 0 spiro atoms. The molecule has 0 unspecified atom stereocenters. The van der Waals surface area contributed by atoms with Gasteiger partial charge >= 0.3 is 0 Å². The molecule has 4 aliphatic carbocycles. The Hall–Kier alpha value is -1.67. The van der Waals surface area contributed by atoms with Gasteiger partial charge in [0.15, 0.2) is 5.78 Å². The Morgan fingerprint density at radius 2 is 1.91 bits per heavy atom. The van der Waals surface area contributed by atoms with Crippen LogP contribution in [0.2, 0.25) is 0 Å². The van der Waals surface area contributed by atoms with Crippen LogP contribution in [0.15, 0.2) is 12.4 Å². The second kappa shape index (κ2) is 7.69. The standard InChI is InChI=1S/C27H39N3O2/c1-25(32)11-12-26(2)19(13-25)7-8-20-21-5-4-6-23(27(21,3)10-9-22(20)26)24(31)17-30-16-18(14-28)15-29-30/h15-16,19-23,32H,4-13,17H2,1-3H3/t19-,20-,21-,22-,23+,25+,26-,27-/m0/s1. The van der Waals surface area contributed by atoms with Gasteiger partial charge < -0.3 is 5.11 Å². The number of carbonyl (C=O) groups is 1. The molecule has 1 aromatic heterocycles. The lowest BCUT2D eigenvalue weighted by Crippen LogP contribution is -2.58. The molecule has 0 aromatic carbocycles. The van der Waals surface area contributed by atoms with Crippen molar-refractivity contribution < 1.29 is 9.90 Å². The number of fused-ring (bicyclic) bond motifs is 5. The molecule has 4 fully saturated rings. The molecule has 174 valence electrons. The first-order valence-electron chi connectivity index (χ1n) is 12.8. The minimum Gasteiger partial charge on any atom is -0.390 e. The molecule has 1 heterocycles. The monoisotopic (exact) mass is 437 g/mol. The Labute approximate surface area is 192 Å². The zero-order valence-electron chi connectivity index (χ0n) is 20.0. The van der Waals surface area contributed by atoms with Gasteiger partial charge in [0, 0.05) is 12.1 Å². The Kier molecular flexibility index (Phi) is 5.32. The summed E-state index contributed by atoms with van der Waals surface area (Å²) in [5.74, 6) is 3.16. The first-order chi connectivity index (χ1) is 15.2. The largest absolute Gasteiger partial charge is 0.390 e. The van der Waals surface area contributed by atoms with E-state index in [1.807, 2.05) is 6.92 Å².